The Kier molecular flexibility index (Phi) is 5.61. The summed E-state index contributed by atoms with van der Waals surface area (Å²) in [6.45, 7) is 2.03. The van der Waals surface area contributed by atoms with Gasteiger partial charge in [0.1, 0.15) is 16.1 Å². The zero-order valence-corrected chi connectivity index (χ0v) is 18.3. The maximum Gasteiger partial charge on any atom is 0.234 e. The second-order valence-corrected chi connectivity index (χ2v) is 10.3. The lowest BCUT2D eigenvalue weighted by molar-refractivity contribution is -0.113. The van der Waals surface area contributed by atoms with E-state index in [2.05, 4.69) is 32.3 Å². The molecule has 5 rings (SSSR count). The van der Waals surface area contributed by atoms with E-state index in [9.17, 15) is 4.79 Å². The van der Waals surface area contributed by atoms with Crippen molar-refractivity contribution in [1.29, 1.82) is 0 Å². The van der Waals surface area contributed by atoms with Gasteiger partial charge < -0.3 is 10.2 Å². The summed E-state index contributed by atoms with van der Waals surface area (Å²) in [6, 6.07) is 6.25. The molecule has 0 unspecified atom stereocenters. The topological polar surface area (TPSA) is 71.0 Å². The first-order valence-corrected chi connectivity index (χ1v) is 12.7. The molecule has 1 aliphatic heterocycles. The van der Waals surface area contributed by atoms with E-state index in [1.54, 1.807) is 17.7 Å². The third kappa shape index (κ3) is 4.22. The zero-order chi connectivity index (χ0) is 19.6. The summed E-state index contributed by atoms with van der Waals surface area (Å²) in [5.41, 5.74) is 4.38. The summed E-state index contributed by atoms with van der Waals surface area (Å²) < 4.78 is 0.969. The average molecular weight is 444 g/mol. The number of aromatic nitrogens is 3. The summed E-state index contributed by atoms with van der Waals surface area (Å²) in [7, 11) is 0. The number of carbonyl (C=O) groups is 1. The fourth-order valence-electron chi connectivity index (χ4n) is 3.70. The third-order valence-electron chi connectivity index (χ3n) is 5.15. The Labute approximate surface area is 181 Å². The minimum absolute atomic E-state index is 0.0162. The number of amides is 1. The molecule has 2 aromatic heterocycles. The van der Waals surface area contributed by atoms with Crippen molar-refractivity contribution in [2.75, 3.05) is 40.6 Å². The molecule has 0 saturated carbocycles. The Morgan fingerprint density at radius 3 is 2.93 bits per heavy atom. The fourth-order valence-corrected chi connectivity index (χ4v) is 6.54. The van der Waals surface area contributed by atoms with E-state index in [0.29, 0.717) is 5.75 Å². The molecular formula is C20H21N5OS3. The number of hydrogen-bond donors (Lipinski definition) is 1. The van der Waals surface area contributed by atoms with Crippen LogP contribution in [0.15, 0.2) is 29.6 Å². The first kappa shape index (κ1) is 19.1. The zero-order valence-electron chi connectivity index (χ0n) is 15.9. The summed E-state index contributed by atoms with van der Waals surface area (Å²) in [5, 5.41) is 4.85. The minimum Gasteiger partial charge on any atom is -0.346 e. The molecule has 9 heteroatoms. The molecule has 0 bridgehead atoms. The van der Waals surface area contributed by atoms with Gasteiger partial charge in [-0.1, -0.05) is 29.2 Å². The van der Waals surface area contributed by atoms with E-state index in [4.69, 9.17) is 4.98 Å². The predicted octanol–water partition coefficient (Wildman–Crippen LogP) is 3.86. The summed E-state index contributed by atoms with van der Waals surface area (Å²) in [4.78, 5) is 28.2. The number of anilines is 2. The molecule has 1 aliphatic carbocycles. The quantitative estimate of drug-likeness (QED) is 0.474. The third-order valence-corrected chi connectivity index (χ3v) is 8.32. The molecule has 150 valence electrons. The highest BCUT2D eigenvalue weighted by molar-refractivity contribution is 8.00. The minimum atomic E-state index is -0.0162. The van der Waals surface area contributed by atoms with Crippen molar-refractivity contribution in [2.45, 2.75) is 24.3 Å². The van der Waals surface area contributed by atoms with Crippen molar-refractivity contribution in [3.63, 3.8) is 0 Å². The van der Waals surface area contributed by atoms with Gasteiger partial charge in [0.2, 0.25) is 5.91 Å². The van der Waals surface area contributed by atoms with Crippen LogP contribution < -0.4 is 10.2 Å². The number of aryl methyl sites for hydroxylation is 2. The van der Waals surface area contributed by atoms with Gasteiger partial charge in [0.15, 0.2) is 10.8 Å². The highest BCUT2D eigenvalue weighted by atomic mass is 32.2. The second kappa shape index (κ2) is 8.49. The molecule has 1 aromatic carbocycles. The molecule has 1 fully saturated rings. The number of carbonyl (C=O) groups excluding carboxylic acids is 1. The van der Waals surface area contributed by atoms with E-state index in [1.165, 1.54) is 29.3 Å². The molecule has 0 spiro atoms. The Morgan fingerprint density at radius 1 is 1.17 bits per heavy atom. The number of nitrogens with zero attached hydrogens (tertiary/aromatic N) is 4. The smallest absolute Gasteiger partial charge is 0.234 e. The number of hydrogen-bond acceptors (Lipinski definition) is 8. The number of thioether (sulfide) groups is 2. The van der Waals surface area contributed by atoms with Gasteiger partial charge in [-0.15, -0.1) is 0 Å². The van der Waals surface area contributed by atoms with Gasteiger partial charge in [0, 0.05) is 30.3 Å². The number of fused-ring (bicyclic) bond motifs is 2. The van der Waals surface area contributed by atoms with Crippen molar-refractivity contribution in [3.8, 4) is 0 Å². The number of nitrogens with one attached hydrogen (secondary N) is 1. The van der Waals surface area contributed by atoms with Crippen molar-refractivity contribution >= 4 is 61.9 Å². The Bertz CT molecular complexity index is 1050. The number of benzene rings is 1. The molecule has 2 aliphatic rings. The van der Waals surface area contributed by atoms with Crippen molar-refractivity contribution in [2.24, 2.45) is 0 Å². The standard InChI is InChI=1S/C20H21N5OS3/c26-16(23-15-5-4-13-2-1-3-14(13)10-15)11-28-19-17-18(21-12-22-19)24-20(29-17)25-6-8-27-9-7-25/h4-5,10,12H,1-3,6-9,11H2,(H,23,26). The van der Waals surface area contributed by atoms with Gasteiger partial charge in [-0.2, -0.15) is 16.7 Å². The molecular weight excluding hydrogens is 422 g/mol. The molecule has 6 nitrogen and oxygen atoms in total. The van der Waals surface area contributed by atoms with Crippen LogP contribution in [0, 0.1) is 0 Å². The van der Waals surface area contributed by atoms with Crippen LogP contribution in [0.5, 0.6) is 0 Å². The van der Waals surface area contributed by atoms with Gasteiger partial charge in [0.25, 0.3) is 0 Å². The van der Waals surface area contributed by atoms with Crippen LogP contribution in [-0.2, 0) is 17.6 Å². The Morgan fingerprint density at radius 2 is 2.03 bits per heavy atom. The molecule has 1 saturated heterocycles. The van der Waals surface area contributed by atoms with E-state index in [-0.39, 0.29) is 5.91 Å². The molecule has 29 heavy (non-hydrogen) atoms. The van der Waals surface area contributed by atoms with Crippen LogP contribution in [0.1, 0.15) is 17.5 Å². The molecule has 3 heterocycles. The molecule has 0 radical (unpaired) electrons. The largest absolute Gasteiger partial charge is 0.346 e. The van der Waals surface area contributed by atoms with Crippen molar-refractivity contribution < 1.29 is 4.79 Å². The molecule has 1 amide bonds. The fraction of sp³-hybridized carbons (Fsp3) is 0.400. The molecule has 1 N–H and O–H groups in total. The Balaban J connectivity index is 1.26. The second-order valence-electron chi connectivity index (χ2n) is 7.10. The highest BCUT2D eigenvalue weighted by Gasteiger charge is 2.19. The van der Waals surface area contributed by atoms with Crippen LogP contribution in [-0.4, -0.2) is 51.2 Å². The summed E-state index contributed by atoms with van der Waals surface area (Å²) >= 11 is 5.06. The highest BCUT2D eigenvalue weighted by Crippen LogP contribution is 2.34. The Hall–Kier alpha value is -1.84. The van der Waals surface area contributed by atoms with Gasteiger partial charge in [-0.3, -0.25) is 4.79 Å². The monoisotopic (exact) mass is 443 g/mol. The lowest BCUT2D eigenvalue weighted by Gasteiger charge is -2.25. The van der Waals surface area contributed by atoms with Crippen LogP contribution in [0.3, 0.4) is 0 Å². The average Bonchev–Trinajstić information content (AvgIpc) is 3.39. The predicted molar refractivity (Wildman–Crippen MR) is 123 cm³/mol. The summed E-state index contributed by atoms with van der Waals surface area (Å²) in [5.74, 6) is 2.56. The van der Waals surface area contributed by atoms with Crippen molar-refractivity contribution in [1.82, 2.24) is 15.0 Å². The lowest BCUT2D eigenvalue weighted by Crippen LogP contribution is -2.32. The maximum atomic E-state index is 12.5. The van der Waals surface area contributed by atoms with Crippen LogP contribution in [0.25, 0.3) is 10.3 Å². The summed E-state index contributed by atoms with van der Waals surface area (Å²) in [6.07, 6.45) is 5.00. The van der Waals surface area contributed by atoms with E-state index >= 15 is 0 Å². The first-order valence-electron chi connectivity index (χ1n) is 9.75. The van der Waals surface area contributed by atoms with Crippen LogP contribution in [0.4, 0.5) is 10.8 Å². The maximum absolute atomic E-state index is 12.5. The normalized spacial score (nSPS) is 16.2. The van der Waals surface area contributed by atoms with Crippen molar-refractivity contribution in [3.05, 3.63) is 35.7 Å². The van der Waals surface area contributed by atoms with E-state index in [0.717, 1.165) is 63.6 Å². The SMILES string of the molecule is O=C(CSc1ncnc2nc(N3CCSCC3)sc12)Nc1ccc2c(c1)CCC2. The molecule has 3 aromatic rings. The number of thiazole rings is 1. The van der Waals surface area contributed by atoms with Gasteiger partial charge >= 0.3 is 0 Å². The first-order chi connectivity index (χ1) is 14.3. The van der Waals surface area contributed by atoms with Crippen LogP contribution in [0.2, 0.25) is 0 Å². The van der Waals surface area contributed by atoms with Gasteiger partial charge in [0.05, 0.1) is 5.75 Å². The molecule has 0 atom stereocenters. The van der Waals surface area contributed by atoms with Crippen LogP contribution >= 0.6 is 34.9 Å². The van der Waals surface area contributed by atoms with E-state index in [1.807, 2.05) is 17.8 Å². The number of rotatable bonds is 5. The van der Waals surface area contributed by atoms with Gasteiger partial charge in [-0.25, -0.2) is 9.97 Å². The van der Waals surface area contributed by atoms with E-state index < -0.39 is 0 Å². The van der Waals surface area contributed by atoms with Gasteiger partial charge in [-0.05, 0) is 42.5 Å². The lowest BCUT2D eigenvalue weighted by atomic mass is 10.1.